The first-order chi connectivity index (χ1) is 8.81. The van der Waals surface area contributed by atoms with Gasteiger partial charge in [0.1, 0.15) is 0 Å². The van der Waals surface area contributed by atoms with Gasteiger partial charge in [-0.1, -0.05) is 39.5 Å². The van der Waals surface area contributed by atoms with Crippen molar-refractivity contribution in [1.82, 2.24) is 5.32 Å². The van der Waals surface area contributed by atoms with Crippen LogP contribution in [0.5, 0.6) is 0 Å². The molecule has 0 saturated carbocycles. The van der Waals surface area contributed by atoms with E-state index in [1.54, 1.807) is 0 Å². The molecule has 1 N–H and O–H groups in total. The van der Waals surface area contributed by atoms with Crippen LogP contribution in [0.3, 0.4) is 0 Å². The molecule has 0 radical (unpaired) electrons. The summed E-state index contributed by atoms with van der Waals surface area (Å²) in [6.07, 6.45) is 11.7. The van der Waals surface area contributed by atoms with Crippen LogP contribution in [0.1, 0.15) is 78.6 Å². The van der Waals surface area contributed by atoms with Crippen LogP contribution in [0.4, 0.5) is 0 Å². The first kappa shape index (κ1) is 17.9. The standard InChI is InChI=1S/C16H35NO/c1-4-6-7-8-10-14-18-15-11-9-12-16(3)17-13-5-2/h16-17H,4-15H2,1-3H3. The quantitative estimate of drug-likeness (QED) is 0.462. The van der Waals surface area contributed by atoms with Crippen LogP contribution in [0.2, 0.25) is 0 Å². The third kappa shape index (κ3) is 14.0. The predicted molar refractivity (Wildman–Crippen MR) is 81.2 cm³/mol. The van der Waals surface area contributed by atoms with Crippen molar-refractivity contribution in [1.29, 1.82) is 0 Å². The molecule has 0 aliphatic rings. The second-order valence-electron chi connectivity index (χ2n) is 5.38. The fraction of sp³-hybridized carbons (Fsp3) is 1.00. The van der Waals surface area contributed by atoms with Gasteiger partial charge < -0.3 is 10.1 Å². The predicted octanol–water partition coefficient (Wildman–Crippen LogP) is 4.53. The molecule has 0 saturated heterocycles. The summed E-state index contributed by atoms with van der Waals surface area (Å²) in [5.41, 5.74) is 0. The third-order valence-electron chi connectivity index (χ3n) is 3.31. The summed E-state index contributed by atoms with van der Waals surface area (Å²) in [7, 11) is 0. The van der Waals surface area contributed by atoms with Gasteiger partial charge in [-0.2, -0.15) is 0 Å². The Bertz CT molecular complexity index is 150. The number of nitrogens with one attached hydrogen (secondary N) is 1. The molecule has 0 rings (SSSR count). The number of hydrogen-bond acceptors (Lipinski definition) is 2. The molecule has 18 heavy (non-hydrogen) atoms. The van der Waals surface area contributed by atoms with E-state index in [1.165, 1.54) is 57.8 Å². The van der Waals surface area contributed by atoms with Gasteiger partial charge >= 0.3 is 0 Å². The van der Waals surface area contributed by atoms with Crippen molar-refractivity contribution in [3.05, 3.63) is 0 Å². The maximum absolute atomic E-state index is 5.66. The Kier molecular flexibility index (Phi) is 14.9. The van der Waals surface area contributed by atoms with Crippen LogP contribution in [0, 0.1) is 0 Å². The lowest BCUT2D eigenvalue weighted by Crippen LogP contribution is -2.26. The van der Waals surface area contributed by atoms with Crippen molar-refractivity contribution in [2.75, 3.05) is 19.8 Å². The zero-order chi connectivity index (χ0) is 13.5. The van der Waals surface area contributed by atoms with Crippen molar-refractivity contribution < 1.29 is 4.74 Å². The molecule has 0 spiro atoms. The normalized spacial score (nSPS) is 12.8. The summed E-state index contributed by atoms with van der Waals surface area (Å²) in [5, 5.41) is 3.52. The van der Waals surface area contributed by atoms with Crippen LogP contribution in [0.25, 0.3) is 0 Å². The zero-order valence-corrected chi connectivity index (χ0v) is 13.0. The number of unbranched alkanes of at least 4 members (excludes halogenated alkanes) is 5. The van der Waals surface area contributed by atoms with Crippen molar-refractivity contribution in [3.8, 4) is 0 Å². The average molecular weight is 257 g/mol. The first-order valence-corrected chi connectivity index (χ1v) is 8.12. The van der Waals surface area contributed by atoms with E-state index in [0.29, 0.717) is 6.04 Å². The Labute approximate surface area is 115 Å². The van der Waals surface area contributed by atoms with E-state index in [1.807, 2.05) is 0 Å². The molecule has 0 heterocycles. The summed E-state index contributed by atoms with van der Waals surface area (Å²) < 4.78 is 5.66. The zero-order valence-electron chi connectivity index (χ0n) is 13.0. The van der Waals surface area contributed by atoms with Crippen molar-refractivity contribution in [2.24, 2.45) is 0 Å². The van der Waals surface area contributed by atoms with Gasteiger partial charge in [-0.3, -0.25) is 0 Å². The van der Waals surface area contributed by atoms with Gasteiger partial charge in [0.25, 0.3) is 0 Å². The summed E-state index contributed by atoms with van der Waals surface area (Å²) in [5.74, 6) is 0. The van der Waals surface area contributed by atoms with E-state index in [4.69, 9.17) is 4.74 Å². The molecule has 0 aromatic rings. The highest BCUT2D eigenvalue weighted by molar-refractivity contribution is 4.59. The largest absolute Gasteiger partial charge is 0.381 e. The molecule has 0 amide bonds. The Balaban J connectivity index is 3.02. The summed E-state index contributed by atoms with van der Waals surface area (Å²) in [6.45, 7) is 9.82. The Morgan fingerprint density at radius 3 is 2.17 bits per heavy atom. The van der Waals surface area contributed by atoms with Crippen LogP contribution >= 0.6 is 0 Å². The van der Waals surface area contributed by atoms with Gasteiger partial charge in [0, 0.05) is 19.3 Å². The molecule has 1 unspecified atom stereocenters. The molecule has 0 fully saturated rings. The van der Waals surface area contributed by atoms with Gasteiger partial charge in [0.2, 0.25) is 0 Å². The van der Waals surface area contributed by atoms with E-state index in [-0.39, 0.29) is 0 Å². The molecule has 2 heteroatoms. The van der Waals surface area contributed by atoms with Crippen molar-refractivity contribution >= 4 is 0 Å². The summed E-state index contributed by atoms with van der Waals surface area (Å²) in [4.78, 5) is 0. The van der Waals surface area contributed by atoms with Crippen molar-refractivity contribution in [3.63, 3.8) is 0 Å². The summed E-state index contributed by atoms with van der Waals surface area (Å²) >= 11 is 0. The number of rotatable bonds is 14. The van der Waals surface area contributed by atoms with Gasteiger partial charge in [-0.25, -0.2) is 0 Å². The molecule has 1 atom stereocenters. The highest BCUT2D eigenvalue weighted by Crippen LogP contribution is 2.04. The highest BCUT2D eigenvalue weighted by atomic mass is 16.5. The minimum absolute atomic E-state index is 0.666. The Morgan fingerprint density at radius 2 is 1.50 bits per heavy atom. The maximum Gasteiger partial charge on any atom is 0.0466 e. The lowest BCUT2D eigenvalue weighted by molar-refractivity contribution is 0.125. The molecule has 0 aliphatic carbocycles. The molecular weight excluding hydrogens is 222 g/mol. The summed E-state index contributed by atoms with van der Waals surface area (Å²) in [6, 6.07) is 0.666. The van der Waals surface area contributed by atoms with Crippen LogP contribution < -0.4 is 5.32 Å². The van der Waals surface area contributed by atoms with Crippen molar-refractivity contribution in [2.45, 2.75) is 84.6 Å². The molecular formula is C16H35NO. The van der Waals surface area contributed by atoms with E-state index in [2.05, 4.69) is 26.1 Å². The highest BCUT2D eigenvalue weighted by Gasteiger charge is 1.99. The lowest BCUT2D eigenvalue weighted by atomic mass is 10.1. The SMILES string of the molecule is CCCCCCCOCCCCC(C)NCCC. The third-order valence-corrected chi connectivity index (χ3v) is 3.31. The van der Waals surface area contributed by atoms with Gasteiger partial charge in [0.05, 0.1) is 0 Å². The van der Waals surface area contributed by atoms with Crippen LogP contribution in [-0.4, -0.2) is 25.8 Å². The van der Waals surface area contributed by atoms with E-state index < -0.39 is 0 Å². The Hall–Kier alpha value is -0.0800. The van der Waals surface area contributed by atoms with E-state index in [0.717, 1.165) is 19.8 Å². The molecule has 0 aromatic heterocycles. The van der Waals surface area contributed by atoms with Gasteiger partial charge in [-0.15, -0.1) is 0 Å². The fourth-order valence-electron chi connectivity index (χ4n) is 2.06. The van der Waals surface area contributed by atoms with E-state index in [9.17, 15) is 0 Å². The first-order valence-electron chi connectivity index (χ1n) is 8.12. The van der Waals surface area contributed by atoms with Crippen LogP contribution in [-0.2, 0) is 4.74 Å². The minimum atomic E-state index is 0.666. The number of hydrogen-bond donors (Lipinski definition) is 1. The fourth-order valence-corrected chi connectivity index (χ4v) is 2.06. The molecule has 2 nitrogen and oxygen atoms in total. The average Bonchev–Trinajstić information content (AvgIpc) is 2.38. The lowest BCUT2D eigenvalue weighted by Gasteiger charge is -2.12. The van der Waals surface area contributed by atoms with Gasteiger partial charge in [0.15, 0.2) is 0 Å². The minimum Gasteiger partial charge on any atom is -0.381 e. The molecule has 0 aromatic carbocycles. The number of ether oxygens (including phenoxy) is 1. The van der Waals surface area contributed by atoms with Crippen LogP contribution in [0.15, 0.2) is 0 Å². The Morgan fingerprint density at radius 1 is 0.833 bits per heavy atom. The van der Waals surface area contributed by atoms with E-state index >= 15 is 0 Å². The van der Waals surface area contributed by atoms with Gasteiger partial charge in [-0.05, 0) is 45.6 Å². The monoisotopic (exact) mass is 257 g/mol. The molecule has 110 valence electrons. The second kappa shape index (κ2) is 15.0. The smallest absolute Gasteiger partial charge is 0.0466 e. The topological polar surface area (TPSA) is 21.3 Å². The molecule has 0 bridgehead atoms. The second-order valence-corrected chi connectivity index (χ2v) is 5.38. The molecule has 0 aliphatic heterocycles. The maximum atomic E-state index is 5.66.